The van der Waals surface area contributed by atoms with Crippen LogP contribution in [-0.4, -0.2) is 17.3 Å². The highest BCUT2D eigenvalue weighted by atomic mass is 16.5. The first-order chi connectivity index (χ1) is 7.65. The molecule has 3 nitrogen and oxygen atoms in total. The predicted molar refractivity (Wildman–Crippen MR) is 61.5 cm³/mol. The first kappa shape index (κ1) is 10.8. The normalized spacial score (nSPS) is 23.4. The molecule has 0 radical (unpaired) electrons. The summed E-state index contributed by atoms with van der Waals surface area (Å²) in [4.78, 5) is 0. The van der Waals surface area contributed by atoms with Gasteiger partial charge in [0.05, 0.1) is 7.11 Å². The van der Waals surface area contributed by atoms with E-state index in [-0.39, 0.29) is 5.75 Å². The maximum absolute atomic E-state index is 10.4. The first-order valence-corrected chi connectivity index (χ1v) is 5.10. The van der Waals surface area contributed by atoms with Gasteiger partial charge in [0.25, 0.3) is 0 Å². The van der Waals surface area contributed by atoms with E-state index in [1.165, 1.54) is 13.2 Å². The lowest BCUT2D eigenvalue weighted by Crippen LogP contribution is -2.23. The number of hydrogen-bond donors (Lipinski definition) is 2. The molecular weight excluding hydrogens is 204 g/mol. The Morgan fingerprint density at radius 3 is 2.75 bits per heavy atom. The van der Waals surface area contributed by atoms with Gasteiger partial charge in [0, 0.05) is 6.42 Å². The second-order valence-corrected chi connectivity index (χ2v) is 3.80. The summed E-state index contributed by atoms with van der Waals surface area (Å²) in [5, 5.41) is 19.9. The van der Waals surface area contributed by atoms with E-state index in [0.29, 0.717) is 17.7 Å². The zero-order valence-electron chi connectivity index (χ0n) is 9.05. The number of hydrogen-bond acceptors (Lipinski definition) is 3. The number of methoxy groups -OCH3 is 1. The molecule has 1 aliphatic carbocycles. The van der Waals surface area contributed by atoms with Gasteiger partial charge in [-0.15, -0.1) is 0 Å². The highest BCUT2D eigenvalue weighted by molar-refractivity contribution is 5.45. The van der Waals surface area contributed by atoms with Crippen molar-refractivity contribution in [2.45, 2.75) is 12.0 Å². The Bertz CT molecular complexity index is 448. The fraction of sp³-hybridized carbons (Fsp3) is 0.231. The van der Waals surface area contributed by atoms with E-state index in [2.05, 4.69) is 0 Å². The number of phenols is 1. The Kier molecular flexibility index (Phi) is 2.71. The number of aliphatic hydroxyl groups is 1. The monoisotopic (exact) mass is 218 g/mol. The highest BCUT2D eigenvalue weighted by Crippen LogP contribution is 2.35. The fourth-order valence-corrected chi connectivity index (χ4v) is 1.77. The van der Waals surface area contributed by atoms with Crippen molar-refractivity contribution in [2.75, 3.05) is 7.11 Å². The topological polar surface area (TPSA) is 49.7 Å². The lowest BCUT2D eigenvalue weighted by atomic mass is 9.87. The molecule has 0 saturated carbocycles. The molecule has 2 N–H and O–H groups in total. The number of ether oxygens (including phenoxy) is 1. The van der Waals surface area contributed by atoms with Crippen molar-refractivity contribution in [1.29, 1.82) is 0 Å². The van der Waals surface area contributed by atoms with Gasteiger partial charge in [0.2, 0.25) is 0 Å². The van der Waals surface area contributed by atoms with E-state index < -0.39 is 5.60 Å². The van der Waals surface area contributed by atoms with Crippen LogP contribution in [0.4, 0.5) is 0 Å². The molecule has 84 valence electrons. The van der Waals surface area contributed by atoms with Gasteiger partial charge in [0.15, 0.2) is 11.5 Å². The number of phenolic OH excluding ortho intramolecular Hbond substituents is 1. The Hall–Kier alpha value is -1.74. The third-order valence-corrected chi connectivity index (χ3v) is 2.73. The van der Waals surface area contributed by atoms with Crippen LogP contribution in [0.2, 0.25) is 0 Å². The van der Waals surface area contributed by atoms with Crippen LogP contribution in [0.5, 0.6) is 11.5 Å². The van der Waals surface area contributed by atoms with Crippen LogP contribution in [0.25, 0.3) is 0 Å². The Morgan fingerprint density at radius 2 is 2.12 bits per heavy atom. The molecule has 3 heteroatoms. The molecule has 16 heavy (non-hydrogen) atoms. The van der Waals surface area contributed by atoms with Crippen molar-refractivity contribution < 1.29 is 14.9 Å². The van der Waals surface area contributed by atoms with Gasteiger partial charge in [-0.3, -0.25) is 0 Å². The smallest absolute Gasteiger partial charge is 0.160 e. The molecule has 0 aliphatic heterocycles. The Labute approximate surface area is 94.3 Å². The van der Waals surface area contributed by atoms with Gasteiger partial charge < -0.3 is 14.9 Å². The molecule has 1 atom stereocenters. The van der Waals surface area contributed by atoms with Gasteiger partial charge in [-0.25, -0.2) is 0 Å². The van der Waals surface area contributed by atoms with Crippen molar-refractivity contribution in [3.63, 3.8) is 0 Å². The van der Waals surface area contributed by atoms with Crippen molar-refractivity contribution in [3.8, 4) is 11.5 Å². The molecule has 1 aromatic rings. The Morgan fingerprint density at radius 1 is 1.31 bits per heavy atom. The van der Waals surface area contributed by atoms with Crippen LogP contribution in [0, 0.1) is 0 Å². The summed E-state index contributed by atoms with van der Waals surface area (Å²) >= 11 is 0. The van der Waals surface area contributed by atoms with Gasteiger partial charge in [-0.1, -0.05) is 24.3 Å². The average molecular weight is 218 g/mol. The van der Waals surface area contributed by atoms with E-state index in [1.807, 2.05) is 18.2 Å². The molecule has 0 fully saturated rings. The molecule has 1 aliphatic rings. The average Bonchev–Trinajstić information content (AvgIpc) is 2.30. The predicted octanol–water partition coefficient (Wildman–Crippen LogP) is 2.10. The molecule has 0 bridgehead atoms. The van der Waals surface area contributed by atoms with Crippen LogP contribution >= 0.6 is 0 Å². The number of allylic oxidation sites excluding steroid dienone is 2. The molecule has 1 aromatic carbocycles. The molecule has 0 heterocycles. The van der Waals surface area contributed by atoms with E-state index >= 15 is 0 Å². The van der Waals surface area contributed by atoms with Crippen molar-refractivity contribution in [1.82, 2.24) is 0 Å². The number of benzene rings is 1. The van der Waals surface area contributed by atoms with E-state index in [0.717, 1.165) is 0 Å². The summed E-state index contributed by atoms with van der Waals surface area (Å²) in [5.74, 6) is 0.444. The van der Waals surface area contributed by atoms with Gasteiger partial charge in [-0.2, -0.15) is 0 Å². The molecule has 0 amide bonds. The molecule has 0 aromatic heterocycles. The van der Waals surface area contributed by atoms with Crippen molar-refractivity contribution in [3.05, 3.63) is 48.1 Å². The summed E-state index contributed by atoms with van der Waals surface area (Å²) in [6.45, 7) is 0. The minimum Gasteiger partial charge on any atom is -0.504 e. The third kappa shape index (κ3) is 1.82. The van der Waals surface area contributed by atoms with Crippen LogP contribution in [0.15, 0.2) is 42.5 Å². The molecule has 1 unspecified atom stereocenters. The van der Waals surface area contributed by atoms with E-state index in [9.17, 15) is 10.2 Å². The number of aromatic hydroxyl groups is 1. The summed E-state index contributed by atoms with van der Waals surface area (Å²) < 4.78 is 5.02. The van der Waals surface area contributed by atoms with E-state index in [4.69, 9.17) is 4.74 Å². The third-order valence-electron chi connectivity index (χ3n) is 2.73. The summed E-state index contributed by atoms with van der Waals surface area (Å²) in [6.07, 6.45) is 7.87. The zero-order chi connectivity index (χ0) is 11.6. The second-order valence-electron chi connectivity index (χ2n) is 3.80. The maximum atomic E-state index is 10.4. The van der Waals surface area contributed by atoms with Crippen LogP contribution in [0.3, 0.4) is 0 Å². The highest BCUT2D eigenvalue weighted by Gasteiger charge is 2.26. The Balaban J connectivity index is 2.40. The second kappa shape index (κ2) is 4.02. The molecular formula is C13H14O3. The summed E-state index contributed by atoms with van der Waals surface area (Å²) in [5.41, 5.74) is -0.293. The van der Waals surface area contributed by atoms with Gasteiger partial charge in [-0.05, 0) is 23.8 Å². The van der Waals surface area contributed by atoms with Gasteiger partial charge >= 0.3 is 0 Å². The molecule has 2 rings (SSSR count). The lowest BCUT2D eigenvalue weighted by molar-refractivity contribution is 0.0913. The summed E-state index contributed by atoms with van der Waals surface area (Å²) in [6, 6.07) is 4.87. The largest absolute Gasteiger partial charge is 0.504 e. The van der Waals surface area contributed by atoms with Crippen molar-refractivity contribution in [2.24, 2.45) is 0 Å². The van der Waals surface area contributed by atoms with E-state index in [1.54, 1.807) is 18.2 Å². The van der Waals surface area contributed by atoms with Crippen LogP contribution in [0.1, 0.15) is 12.0 Å². The van der Waals surface area contributed by atoms with Crippen LogP contribution < -0.4 is 4.74 Å². The summed E-state index contributed by atoms with van der Waals surface area (Å²) in [7, 11) is 1.49. The van der Waals surface area contributed by atoms with Gasteiger partial charge in [0.1, 0.15) is 5.60 Å². The lowest BCUT2D eigenvalue weighted by Gasteiger charge is -2.26. The number of rotatable bonds is 2. The van der Waals surface area contributed by atoms with Crippen molar-refractivity contribution >= 4 is 0 Å². The fourth-order valence-electron chi connectivity index (χ4n) is 1.77. The minimum atomic E-state index is -1.00. The minimum absolute atomic E-state index is 0.0742. The maximum Gasteiger partial charge on any atom is 0.160 e. The van der Waals surface area contributed by atoms with Crippen LogP contribution in [-0.2, 0) is 5.60 Å². The SMILES string of the molecule is COc1cc(C2(O)C=CC=CC2)ccc1O. The molecule has 0 saturated heterocycles. The standard InChI is InChI=1S/C13H14O3/c1-16-12-9-10(5-6-11(12)14)13(15)7-3-2-4-8-13/h2-7,9,14-15H,8H2,1H3. The first-order valence-electron chi connectivity index (χ1n) is 5.10. The molecule has 0 spiro atoms. The zero-order valence-corrected chi connectivity index (χ0v) is 9.05. The quantitative estimate of drug-likeness (QED) is 0.799.